The minimum absolute atomic E-state index is 0.219. The zero-order valence-corrected chi connectivity index (χ0v) is 21.7. The van der Waals surface area contributed by atoms with E-state index in [1.54, 1.807) is 16.9 Å². The second-order valence-corrected chi connectivity index (χ2v) is 9.65. The number of benzene rings is 4. The molecule has 184 valence electrons. The predicted octanol–water partition coefficient (Wildman–Crippen LogP) is 6.65. The summed E-state index contributed by atoms with van der Waals surface area (Å²) in [6.07, 6.45) is 0. The van der Waals surface area contributed by atoms with Crippen molar-refractivity contribution in [2.24, 2.45) is 0 Å². The minimum atomic E-state index is -0.272. The molecular formula is C30H27N5OS. The number of nitrogens with zero attached hydrogens (tertiary/aromatic N) is 3. The normalized spacial score (nSPS) is 11.0. The summed E-state index contributed by atoms with van der Waals surface area (Å²) in [7, 11) is 0. The van der Waals surface area contributed by atoms with Crippen LogP contribution >= 0.6 is 12.2 Å². The van der Waals surface area contributed by atoms with E-state index in [0.717, 1.165) is 39.1 Å². The van der Waals surface area contributed by atoms with Gasteiger partial charge >= 0.3 is 0 Å². The summed E-state index contributed by atoms with van der Waals surface area (Å²) in [5.74, 6) is 0.194. The van der Waals surface area contributed by atoms with Crippen molar-refractivity contribution in [1.82, 2.24) is 20.3 Å². The lowest BCUT2D eigenvalue weighted by Crippen LogP contribution is -2.34. The van der Waals surface area contributed by atoms with Gasteiger partial charge < -0.3 is 5.32 Å². The Morgan fingerprint density at radius 1 is 0.838 bits per heavy atom. The van der Waals surface area contributed by atoms with Gasteiger partial charge in [-0.2, -0.15) is 4.80 Å². The minimum Gasteiger partial charge on any atom is -0.332 e. The molecule has 7 heteroatoms. The molecule has 1 aromatic heterocycles. The number of fused-ring (bicyclic) bond motifs is 1. The van der Waals surface area contributed by atoms with Crippen molar-refractivity contribution >= 4 is 40.0 Å². The van der Waals surface area contributed by atoms with E-state index in [-0.39, 0.29) is 11.0 Å². The highest BCUT2D eigenvalue weighted by Crippen LogP contribution is 2.23. The van der Waals surface area contributed by atoms with Crippen molar-refractivity contribution < 1.29 is 4.79 Å². The van der Waals surface area contributed by atoms with Crippen LogP contribution in [0.5, 0.6) is 0 Å². The summed E-state index contributed by atoms with van der Waals surface area (Å²) >= 11 is 5.43. The van der Waals surface area contributed by atoms with E-state index < -0.39 is 0 Å². The third-order valence-corrected chi connectivity index (χ3v) is 6.45. The standard InChI is InChI=1S/C30H27N5OS/c1-19(2)21-13-15-25(16-14-21)35-33-27-17-20(3)26(18-28(27)34-35)31-30(37)32-29(36)24-11-9-23(10-12-24)22-7-5-4-6-8-22/h4-19H,1-3H3,(H2,31,32,36,37). The number of anilines is 1. The van der Waals surface area contributed by atoms with Crippen LogP contribution in [0.4, 0.5) is 5.69 Å². The highest BCUT2D eigenvalue weighted by Gasteiger charge is 2.12. The summed E-state index contributed by atoms with van der Waals surface area (Å²) < 4.78 is 0. The molecule has 2 N–H and O–H groups in total. The summed E-state index contributed by atoms with van der Waals surface area (Å²) in [6, 6.07) is 29.6. The van der Waals surface area contributed by atoms with Crippen molar-refractivity contribution in [1.29, 1.82) is 0 Å². The van der Waals surface area contributed by atoms with Crippen LogP contribution in [-0.2, 0) is 0 Å². The van der Waals surface area contributed by atoms with E-state index in [9.17, 15) is 4.79 Å². The van der Waals surface area contributed by atoms with E-state index >= 15 is 0 Å². The Morgan fingerprint density at radius 2 is 1.46 bits per heavy atom. The Balaban J connectivity index is 1.28. The number of rotatable bonds is 5. The number of hydrogen-bond donors (Lipinski definition) is 2. The molecule has 0 aliphatic heterocycles. The van der Waals surface area contributed by atoms with E-state index in [4.69, 9.17) is 12.2 Å². The topological polar surface area (TPSA) is 71.8 Å². The summed E-state index contributed by atoms with van der Waals surface area (Å²) in [5, 5.41) is 15.4. The Morgan fingerprint density at radius 3 is 2.11 bits per heavy atom. The number of nitrogens with one attached hydrogen (secondary N) is 2. The van der Waals surface area contributed by atoms with Crippen LogP contribution in [0.1, 0.15) is 41.3 Å². The SMILES string of the molecule is Cc1cc2nn(-c3ccc(C(C)C)cc3)nc2cc1NC(=S)NC(=O)c1ccc(-c2ccccc2)cc1. The second kappa shape index (κ2) is 10.3. The van der Waals surface area contributed by atoms with Crippen LogP contribution in [-0.4, -0.2) is 26.0 Å². The number of carbonyl (C=O) groups excluding carboxylic acids is 1. The molecule has 0 aliphatic rings. The molecule has 0 saturated carbocycles. The first-order valence-corrected chi connectivity index (χ1v) is 12.5. The fourth-order valence-corrected chi connectivity index (χ4v) is 4.29. The summed E-state index contributed by atoms with van der Waals surface area (Å²) in [4.78, 5) is 14.4. The molecule has 0 radical (unpaired) electrons. The molecule has 0 bridgehead atoms. The molecular weight excluding hydrogens is 478 g/mol. The monoisotopic (exact) mass is 505 g/mol. The van der Waals surface area contributed by atoms with Crippen LogP contribution in [0.25, 0.3) is 27.8 Å². The highest BCUT2D eigenvalue weighted by atomic mass is 32.1. The van der Waals surface area contributed by atoms with Crippen molar-refractivity contribution in [3.63, 3.8) is 0 Å². The number of thiocarbonyl (C=S) groups is 1. The third kappa shape index (κ3) is 5.42. The molecule has 1 heterocycles. The zero-order chi connectivity index (χ0) is 25.9. The van der Waals surface area contributed by atoms with Gasteiger partial charge in [0.2, 0.25) is 0 Å². The fraction of sp³-hybridized carbons (Fsp3) is 0.133. The fourth-order valence-electron chi connectivity index (χ4n) is 4.08. The molecule has 0 aliphatic carbocycles. The molecule has 1 amide bonds. The predicted molar refractivity (Wildman–Crippen MR) is 153 cm³/mol. The lowest BCUT2D eigenvalue weighted by Gasteiger charge is -2.12. The van der Waals surface area contributed by atoms with Crippen molar-refractivity contribution in [3.05, 3.63) is 108 Å². The lowest BCUT2D eigenvalue weighted by molar-refractivity contribution is 0.0977. The van der Waals surface area contributed by atoms with Gasteiger partial charge in [-0.1, -0.05) is 68.4 Å². The maximum atomic E-state index is 12.8. The number of carbonyl (C=O) groups is 1. The number of aryl methyl sites for hydroxylation is 1. The van der Waals surface area contributed by atoms with Crippen LogP contribution in [0.2, 0.25) is 0 Å². The Hall–Kier alpha value is -4.36. The number of aromatic nitrogens is 3. The molecule has 0 spiro atoms. The average molecular weight is 506 g/mol. The number of hydrogen-bond acceptors (Lipinski definition) is 4. The van der Waals surface area contributed by atoms with Gasteiger partial charge in [-0.05, 0) is 83.7 Å². The van der Waals surface area contributed by atoms with Gasteiger partial charge in [0.1, 0.15) is 11.0 Å². The third-order valence-electron chi connectivity index (χ3n) is 6.25. The first-order valence-electron chi connectivity index (χ1n) is 12.1. The van der Waals surface area contributed by atoms with Crippen molar-refractivity contribution in [2.75, 3.05) is 5.32 Å². The Labute approximate surface area is 221 Å². The maximum absolute atomic E-state index is 12.8. The van der Waals surface area contributed by atoms with Crippen molar-refractivity contribution in [2.45, 2.75) is 26.7 Å². The van der Waals surface area contributed by atoms with Crippen molar-refractivity contribution in [3.8, 4) is 16.8 Å². The Bertz CT molecular complexity index is 1570. The van der Waals surface area contributed by atoms with Gasteiger partial charge in [0.05, 0.1) is 5.69 Å². The first kappa shape index (κ1) is 24.3. The smallest absolute Gasteiger partial charge is 0.257 e. The molecule has 0 unspecified atom stereocenters. The van der Waals surface area contributed by atoms with E-state index in [1.807, 2.05) is 73.7 Å². The quantitative estimate of drug-likeness (QED) is 0.262. The molecule has 37 heavy (non-hydrogen) atoms. The Kier molecular flexibility index (Phi) is 6.79. The second-order valence-electron chi connectivity index (χ2n) is 9.24. The molecule has 0 fully saturated rings. The zero-order valence-electron chi connectivity index (χ0n) is 20.9. The van der Waals surface area contributed by atoms with Crippen LogP contribution < -0.4 is 10.6 Å². The molecule has 5 aromatic rings. The number of amides is 1. The van der Waals surface area contributed by atoms with Gasteiger partial charge in [0.15, 0.2) is 5.11 Å². The molecule has 4 aromatic carbocycles. The van der Waals surface area contributed by atoms with E-state index in [1.165, 1.54) is 5.56 Å². The average Bonchev–Trinajstić information content (AvgIpc) is 3.32. The first-order chi connectivity index (χ1) is 17.9. The largest absolute Gasteiger partial charge is 0.332 e. The van der Waals surface area contributed by atoms with E-state index in [0.29, 0.717) is 11.5 Å². The highest BCUT2D eigenvalue weighted by molar-refractivity contribution is 7.80. The van der Waals surface area contributed by atoms with Crippen LogP contribution in [0.15, 0.2) is 91.0 Å². The summed E-state index contributed by atoms with van der Waals surface area (Å²) in [6.45, 7) is 6.30. The maximum Gasteiger partial charge on any atom is 0.257 e. The van der Waals surface area contributed by atoms with E-state index in [2.05, 4.69) is 46.8 Å². The van der Waals surface area contributed by atoms with Gasteiger partial charge in [-0.3, -0.25) is 10.1 Å². The molecule has 5 rings (SSSR count). The molecule has 0 saturated heterocycles. The van der Waals surface area contributed by atoms with Crippen LogP contribution in [0.3, 0.4) is 0 Å². The van der Waals surface area contributed by atoms with Crippen LogP contribution in [0, 0.1) is 6.92 Å². The molecule has 6 nitrogen and oxygen atoms in total. The molecule has 0 atom stereocenters. The lowest BCUT2D eigenvalue weighted by atomic mass is 10.0. The van der Waals surface area contributed by atoms with Gasteiger partial charge in [-0.15, -0.1) is 10.2 Å². The van der Waals surface area contributed by atoms with Gasteiger partial charge in [0.25, 0.3) is 5.91 Å². The van der Waals surface area contributed by atoms with Gasteiger partial charge in [0, 0.05) is 11.3 Å². The van der Waals surface area contributed by atoms with Gasteiger partial charge in [-0.25, -0.2) is 0 Å². The summed E-state index contributed by atoms with van der Waals surface area (Å²) in [5.41, 5.74) is 8.06.